The first-order valence-electron chi connectivity index (χ1n) is 13.3. The lowest BCUT2D eigenvalue weighted by Crippen LogP contribution is -2.54. The van der Waals surface area contributed by atoms with Crippen LogP contribution in [0.1, 0.15) is 50.3 Å². The van der Waals surface area contributed by atoms with Crippen molar-refractivity contribution in [1.29, 1.82) is 0 Å². The van der Waals surface area contributed by atoms with Crippen LogP contribution in [0.3, 0.4) is 0 Å². The third-order valence-corrected chi connectivity index (χ3v) is 7.64. The smallest absolute Gasteiger partial charge is 0.244 e. The molecule has 9 heteroatoms. The fourth-order valence-corrected chi connectivity index (χ4v) is 5.21. The summed E-state index contributed by atoms with van der Waals surface area (Å²) < 4.78 is 40.5. The van der Waals surface area contributed by atoms with E-state index in [0.29, 0.717) is 11.3 Å². The van der Waals surface area contributed by atoms with E-state index in [1.54, 1.807) is 24.3 Å². The van der Waals surface area contributed by atoms with Crippen molar-refractivity contribution in [2.24, 2.45) is 0 Å². The normalized spacial score (nSPS) is 12.3. The molecule has 0 fully saturated rings. The molecule has 3 rings (SSSR count). The first kappa shape index (κ1) is 30.8. The summed E-state index contributed by atoms with van der Waals surface area (Å²) in [6.07, 6.45) is 1.27. The van der Waals surface area contributed by atoms with Crippen LogP contribution in [-0.2, 0) is 32.6 Å². The van der Waals surface area contributed by atoms with Crippen LogP contribution in [0.5, 0.6) is 0 Å². The molecule has 0 radical (unpaired) electrons. The number of hydrogen-bond acceptors (Lipinski definition) is 4. The van der Waals surface area contributed by atoms with Crippen molar-refractivity contribution in [2.45, 2.75) is 58.7 Å². The number of hydrogen-bond donors (Lipinski definition) is 1. The summed E-state index contributed by atoms with van der Waals surface area (Å²) in [4.78, 5) is 28.9. The number of sulfonamides is 1. The number of carbonyl (C=O) groups excluding carboxylic acids is 2. The van der Waals surface area contributed by atoms with E-state index in [9.17, 15) is 22.4 Å². The van der Waals surface area contributed by atoms with Gasteiger partial charge < -0.3 is 10.2 Å². The minimum atomic E-state index is -3.85. The number of carbonyl (C=O) groups is 2. The maximum Gasteiger partial charge on any atom is 0.244 e. The van der Waals surface area contributed by atoms with E-state index in [4.69, 9.17) is 0 Å². The van der Waals surface area contributed by atoms with Gasteiger partial charge in [0.1, 0.15) is 18.4 Å². The summed E-state index contributed by atoms with van der Waals surface area (Å²) in [5, 5.41) is 2.90. The Hall–Kier alpha value is -3.72. The number of nitrogens with one attached hydrogen (secondary N) is 1. The standard InChI is InChI=1S/C31H38FN3O4S/c1-22(2)26-13-17-28(18-14-26)35(40(5,38)39)21-30(36)34(20-25-11-15-27(32)16-12-25)29(31(37)33-23(3)4)19-24-9-7-6-8-10-24/h6-18,22-23,29H,19-21H2,1-5H3,(H,33,37)/t29-/m0/s1. The van der Waals surface area contributed by atoms with Crippen LogP contribution < -0.4 is 9.62 Å². The third kappa shape index (κ3) is 8.64. The van der Waals surface area contributed by atoms with E-state index >= 15 is 0 Å². The van der Waals surface area contributed by atoms with Crippen molar-refractivity contribution in [3.05, 3.63) is 101 Å². The quantitative estimate of drug-likeness (QED) is 0.338. The second-order valence-electron chi connectivity index (χ2n) is 10.5. The molecule has 1 atom stereocenters. The molecular formula is C31H38FN3O4S. The summed E-state index contributed by atoms with van der Waals surface area (Å²) in [6, 6.07) is 20.9. The zero-order valence-electron chi connectivity index (χ0n) is 23.7. The minimum Gasteiger partial charge on any atom is -0.352 e. The van der Waals surface area contributed by atoms with Gasteiger partial charge in [-0.1, -0.05) is 68.4 Å². The molecule has 0 aliphatic heterocycles. The largest absolute Gasteiger partial charge is 0.352 e. The molecule has 0 aliphatic rings. The lowest BCUT2D eigenvalue weighted by atomic mass is 10.0. The van der Waals surface area contributed by atoms with Crippen LogP contribution in [0, 0.1) is 5.82 Å². The Labute approximate surface area is 237 Å². The number of amides is 2. The first-order valence-corrected chi connectivity index (χ1v) is 15.2. The average molecular weight is 568 g/mol. The Morgan fingerprint density at radius 1 is 0.850 bits per heavy atom. The minimum absolute atomic E-state index is 0.00792. The monoisotopic (exact) mass is 567 g/mol. The Morgan fingerprint density at radius 2 is 1.45 bits per heavy atom. The summed E-state index contributed by atoms with van der Waals surface area (Å²) >= 11 is 0. The van der Waals surface area contributed by atoms with Gasteiger partial charge in [0.05, 0.1) is 11.9 Å². The fourth-order valence-electron chi connectivity index (χ4n) is 4.36. The second-order valence-corrected chi connectivity index (χ2v) is 12.4. The number of halogens is 1. The van der Waals surface area contributed by atoms with Gasteiger partial charge in [0.15, 0.2) is 0 Å². The van der Waals surface area contributed by atoms with E-state index in [-0.39, 0.29) is 30.8 Å². The lowest BCUT2D eigenvalue weighted by molar-refractivity contribution is -0.140. The molecule has 0 aliphatic carbocycles. The number of benzene rings is 3. The van der Waals surface area contributed by atoms with E-state index in [0.717, 1.165) is 21.7 Å². The highest BCUT2D eigenvalue weighted by atomic mass is 32.2. The Kier molecular flexibility index (Phi) is 10.5. The van der Waals surface area contributed by atoms with Gasteiger partial charge in [0, 0.05) is 19.0 Å². The van der Waals surface area contributed by atoms with Crippen LogP contribution >= 0.6 is 0 Å². The van der Waals surface area contributed by atoms with E-state index in [1.165, 1.54) is 17.0 Å². The van der Waals surface area contributed by atoms with Gasteiger partial charge in [0.25, 0.3) is 0 Å². The lowest BCUT2D eigenvalue weighted by Gasteiger charge is -2.34. The molecule has 0 aromatic heterocycles. The molecule has 0 saturated heterocycles. The van der Waals surface area contributed by atoms with Gasteiger partial charge in [-0.05, 0) is 60.7 Å². The molecule has 0 spiro atoms. The Bertz CT molecular complexity index is 1380. The van der Waals surface area contributed by atoms with Crippen LogP contribution in [0.4, 0.5) is 10.1 Å². The van der Waals surface area contributed by atoms with Gasteiger partial charge in [-0.2, -0.15) is 0 Å². The molecule has 0 saturated carbocycles. The summed E-state index contributed by atoms with van der Waals surface area (Å²) in [5.74, 6) is -1.08. The number of anilines is 1. The van der Waals surface area contributed by atoms with Gasteiger partial charge >= 0.3 is 0 Å². The van der Waals surface area contributed by atoms with Crippen molar-refractivity contribution >= 4 is 27.5 Å². The molecule has 2 amide bonds. The average Bonchev–Trinajstić information content (AvgIpc) is 2.89. The maximum atomic E-state index is 14.0. The van der Waals surface area contributed by atoms with Crippen LogP contribution in [0.15, 0.2) is 78.9 Å². The third-order valence-electron chi connectivity index (χ3n) is 6.50. The van der Waals surface area contributed by atoms with E-state index < -0.39 is 34.3 Å². The molecule has 0 heterocycles. The zero-order chi connectivity index (χ0) is 29.4. The molecule has 40 heavy (non-hydrogen) atoms. The number of nitrogens with zero attached hydrogens (tertiary/aromatic N) is 2. The van der Waals surface area contributed by atoms with Gasteiger partial charge in [-0.3, -0.25) is 13.9 Å². The van der Waals surface area contributed by atoms with E-state index in [2.05, 4.69) is 5.32 Å². The summed E-state index contributed by atoms with van der Waals surface area (Å²) in [7, 11) is -3.85. The molecule has 3 aromatic carbocycles. The highest BCUT2D eigenvalue weighted by molar-refractivity contribution is 7.92. The van der Waals surface area contributed by atoms with Gasteiger partial charge in [-0.25, -0.2) is 12.8 Å². The second kappa shape index (κ2) is 13.6. The number of rotatable bonds is 12. The van der Waals surface area contributed by atoms with Gasteiger partial charge in [-0.15, -0.1) is 0 Å². The summed E-state index contributed by atoms with van der Waals surface area (Å²) in [5.41, 5.74) is 2.84. The fraction of sp³-hybridized carbons (Fsp3) is 0.355. The predicted octanol–water partition coefficient (Wildman–Crippen LogP) is 4.88. The van der Waals surface area contributed by atoms with Crippen molar-refractivity contribution in [2.75, 3.05) is 17.1 Å². The van der Waals surface area contributed by atoms with Crippen LogP contribution in [0.2, 0.25) is 0 Å². The molecule has 7 nitrogen and oxygen atoms in total. The molecule has 1 N–H and O–H groups in total. The maximum absolute atomic E-state index is 14.0. The van der Waals surface area contributed by atoms with Crippen LogP contribution in [-0.4, -0.2) is 50.0 Å². The van der Waals surface area contributed by atoms with Gasteiger partial charge in [0.2, 0.25) is 21.8 Å². The topological polar surface area (TPSA) is 86.8 Å². The molecule has 0 unspecified atom stereocenters. The van der Waals surface area contributed by atoms with E-state index in [1.807, 2.05) is 70.2 Å². The van der Waals surface area contributed by atoms with Crippen molar-refractivity contribution in [1.82, 2.24) is 10.2 Å². The Morgan fingerprint density at radius 3 is 1.98 bits per heavy atom. The van der Waals surface area contributed by atoms with Crippen LogP contribution in [0.25, 0.3) is 0 Å². The van der Waals surface area contributed by atoms with Crippen molar-refractivity contribution in [3.63, 3.8) is 0 Å². The molecule has 3 aromatic rings. The zero-order valence-corrected chi connectivity index (χ0v) is 24.5. The molecular weight excluding hydrogens is 529 g/mol. The van der Waals surface area contributed by atoms with Crippen molar-refractivity contribution < 1.29 is 22.4 Å². The predicted molar refractivity (Wildman–Crippen MR) is 157 cm³/mol. The molecule has 0 bridgehead atoms. The highest BCUT2D eigenvalue weighted by Gasteiger charge is 2.33. The highest BCUT2D eigenvalue weighted by Crippen LogP contribution is 2.23. The first-order chi connectivity index (χ1) is 18.8. The SMILES string of the molecule is CC(C)NC(=O)[C@H](Cc1ccccc1)N(Cc1ccc(F)cc1)C(=O)CN(c1ccc(C(C)C)cc1)S(C)(=O)=O. The Balaban J connectivity index is 2.03. The summed E-state index contributed by atoms with van der Waals surface area (Å²) in [6.45, 7) is 7.23. The van der Waals surface area contributed by atoms with Crippen molar-refractivity contribution in [3.8, 4) is 0 Å². The molecule has 214 valence electrons.